The summed E-state index contributed by atoms with van der Waals surface area (Å²) in [7, 11) is 0. The molecule has 0 aromatic carbocycles. The standard InChI is InChI=1S/C5H4ClN3O/c6-5-7-1-3-8-4(10)2-9(3)5/h1H,2H2,(H,8,10). The van der Waals surface area contributed by atoms with Crippen molar-refractivity contribution in [1.82, 2.24) is 9.55 Å². The van der Waals surface area contributed by atoms with Crippen LogP contribution in [-0.4, -0.2) is 15.5 Å². The van der Waals surface area contributed by atoms with Gasteiger partial charge in [0, 0.05) is 0 Å². The summed E-state index contributed by atoms with van der Waals surface area (Å²) in [6.45, 7) is 0.286. The smallest absolute Gasteiger partial charge is 0.245 e. The molecular weight excluding hydrogens is 154 g/mol. The second-order valence-corrected chi connectivity index (χ2v) is 2.38. The van der Waals surface area contributed by atoms with Gasteiger partial charge in [-0.3, -0.25) is 9.36 Å². The Balaban J connectivity index is 2.53. The molecule has 2 rings (SSSR count). The van der Waals surface area contributed by atoms with Crippen LogP contribution in [-0.2, 0) is 11.3 Å². The first kappa shape index (κ1) is 5.73. The normalized spacial score (nSPS) is 15.1. The zero-order valence-corrected chi connectivity index (χ0v) is 5.72. The lowest BCUT2D eigenvalue weighted by Gasteiger charge is -1.89. The third-order valence-electron chi connectivity index (χ3n) is 1.38. The Labute approximate surface area is 61.8 Å². The molecule has 0 radical (unpaired) electrons. The summed E-state index contributed by atoms with van der Waals surface area (Å²) >= 11 is 5.61. The van der Waals surface area contributed by atoms with Gasteiger partial charge < -0.3 is 5.32 Å². The molecule has 0 aliphatic carbocycles. The second-order valence-electron chi connectivity index (χ2n) is 2.05. The molecule has 1 N–H and O–H groups in total. The Morgan fingerprint density at radius 1 is 1.80 bits per heavy atom. The van der Waals surface area contributed by atoms with E-state index in [9.17, 15) is 4.79 Å². The molecule has 0 spiro atoms. The van der Waals surface area contributed by atoms with Gasteiger partial charge in [0.1, 0.15) is 12.4 Å². The van der Waals surface area contributed by atoms with Crippen LogP contribution in [0.4, 0.5) is 5.82 Å². The van der Waals surface area contributed by atoms with Crippen LogP contribution in [0.25, 0.3) is 0 Å². The first-order chi connectivity index (χ1) is 4.77. The first-order valence-corrected chi connectivity index (χ1v) is 3.16. The van der Waals surface area contributed by atoms with Crippen LogP contribution in [0.5, 0.6) is 0 Å². The Morgan fingerprint density at radius 3 is 3.30 bits per heavy atom. The monoisotopic (exact) mass is 157 g/mol. The molecule has 5 heteroatoms. The predicted octanol–water partition coefficient (Wildman–Crippen LogP) is 0.489. The highest BCUT2D eigenvalue weighted by Crippen LogP contribution is 2.19. The molecule has 4 nitrogen and oxygen atoms in total. The van der Waals surface area contributed by atoms with Crippen molar-refractivity contribution < 1.29 is 4.79 Å². The number of imidazole rings is 1. The summed E-state index contributed by atoms with van der Waals surface area (Å²) in [6.07, 6.45) is 1.53. The topological polar surface area (TPSA) is 46.9 Å². The summed E-state index contributed by atoms with van der Waals surface area (Å²) in [6, 6.07) is 0. The Morgan fingerprint density at radius 2 is 2.60 bits per heavy atom. The first-order valence-electron chi connectivity index (χ1n) is 2.78. The maximum atomic E-state index is 10.7. The highest BCUT2D eigenvalue weighted by molar-refractivity contribution is 6.29. The zero-order chi connectivity index (χ0) is 7.14. The van der Waals surface area contributed by atoms with Gasteiger partial charge in [0.15, 0.2) is 0 Å². The van der Waals surface area contributed by atoms with Gasteiger partial charge in [-0.1, -0.05) is 0 Å². The van der Waals surface area contributed by atoms with Gasteiger partial charge in [-0.25, -0.2) is 4.98 Å². The molecule has 0 saturated carbocycles. The SMILES string of the molecule is O=C1Cn2c(cnc2Cl)N1. The van der Waals surface area contributed by atoms with E-state index in [1.54, 1.807) is 4.57 Å². The molecule has 0 saturated heterocycles. The van der Waals surface area contributed by atoms with Crippen LogP contribution >= 0.6 is 11.6 Å². The van der Waals surface area contributed by atoms with Gasteiger partial charge in [-0.05, 0) is 11.6 Å². The molecule has 0 atom stereocenters. The quantitative estimate of drug-likeness (QED) is 0.596. The third kappa shape index (κ3) is 0.623. The van der Waals surface area contributed by atoms with Crippen molar-refractivity contribution in [3.63, 3.8) is 0 Å². The molecule has 0 fully saturated rings. The van der Waals surface area contributed by atoms with Crippen molar-refractivity contribution in [2.24, 2.45) is 0 Å². The van der Waals surface area contributed by atoms with Crippen molar-refractivity contribution in [3.8, 4) is 0 Å². The van der Waals surface area contributed by atoms with E-state index in [0.717, 1.165) is 0 Å². The molecule has 1 aromatic heterocycles. The molecule has 1 amide bonds. The number of carbonyl (C=O) groups is 1. The van der Waals surface area contributed by atoms with Gasteiger partial charge >= 0.3 is 0 Å². The lowest BCUT2D eigenvalue weighted by atomic mass is 10.6. The molecule has 2 heterocycles. The summed E-state index contributed by atoms with van der Waals surface area (Å²) in [5.74, 6) is 0.634. The van der Waals surface area contributed by atoms with Crippen LogP contribution < -0.4 is 5.32 Å². The fourth-order valence-electron chi connectivity index (χ4n) is 0.929. The largest absolute Gasteiger partial charge is 0.309 e. The number of nitrogens with zero attached hydrogens (tertiary/aromatic N) is 2. The van der Waals surface area contributed by atoms with Crippen molar-refractivity contribution in [2.75, 3.05) is 5.32 Å². The number of hydrogen-bond acceptors (Lipinski definition) is 2. The van der Waals surface area contributed by atoms with E-state index in [1.807, 2.05) is 0 Å². The maximum absolute atomic E-state index is 10.7. The van der Waals surface area contributed by atoms with Gasteiger partial charge in [0.25, 0.3) is 0 Å². The number of hydrogen-bond donors (Lipinski definition) is 1. The van der Waals surface area contributed by atoms with Gasteiger partial charge in [0.2, 0.25) is 11.2 Å². The van der Waals surface area contributed by atoms with Crippen LogP contribution in [0.15, 0.2) is 6.20 Å². The van der Waals surface area contributed by atoms with E-state index < -0.39 is 0 Å². The van der Waals surface area contributed by atoms with E-state index in [4.69, 9.17) is 11.6 Å². The van der Waals surface area contributed by atoms with Gasteiger partial charge in [0.05, 0.1) is 6.20 Å². The van der Waals surface area contributed by atoms with Gasteiger partial charge in [-0.2, -0.15) is 0 Å². The minimum atomic E-state index is -0.0423. The van der Waals surface area contributed by atoms with Crippen molar-refractivity contribution in [2.45, 2.75) is 6.54 Å². The number of aromatic nitrogens is 2. The van der Waals surface area contributed by atoms with E-state index in [1.165, 1.54) is 6.20 Å². The molecule has 1 aliphatic rings. The fourth-order valence-corrected chi connectivity index (χ4v) is 1.13. The van der Waals surface area contributed by atoms with Gasteiger partial charge in [-0.15, -0.1) is 0 Å². The summed E-state index contributed by atoms with van der Waals surface area (Å²) in [5, 5.41) is 2.95. The highest BCUT2D eigenvalue weighted by Gasteiger charge is 2.19. The second kappa shape index (κ2) is 1.73. The molecule has 52 valence electrons. The fraction of sp³-hybridized carbons (Fsp3) is 0.200. The van der Waals surface area contributed by atoms with Crippen molar-refractivity contribution in [1.29, 1.82) is 0 Å². The zero-order valence-electron chi connectivity index (χ0n) is 4.97. The number of amides is 1. The van der Waals surface area contributed by atoms with Crippen molar-refractivity contribution in [3.05, 3.63) is 11.5 Å². The molecule has 1 aromatic rings. The van der Waals surface area contributed by atoms with E-state index in [2.05, 4.69) is 10.3 Å². The number of halogens is 1. The van der Waals surface area contributed by atoms with E-state index in [0.29, 0.717) is 11.1 Å². The van der Waals surface area contributed by atoms with Crippen LogP contribution in [0.2, 0.25) is 5.28 Å². The Kier molecular flexibility index (Phi) is 0.990. The minimum absolute atomic E-state index is 0.0423. The number of anilines is 1. The van der Waals surface area contributed by atoms with Crippen molar-refractivity contribution >= 4 is 23.3 Å². The third-order valence-corrected chi connectivity index (χ3v) is 1.68. The lowest BCUT2D eigenvalue weighted by Crippen LogP contribution is -2.05. The predicted molar refractivity (Wildman–Crippen MR) is 35.9 cm³/mol. The van der Waals surface area contributed by atoms with Crippen LogP contribution in [0.1, 0.15) is 0 Å². The Hall–Kier alpha value is -1.03. The number of rotatable bonds is 0. The lowest BCUT2D eigenvalue weighted by molar-refractivity contribution is -0.115. The molecular formula is C5H4ClN3O. The maximum Gasteiger partial charge on any atom is 0.245 e. The molecule has 0 bridgehead atoms. The average molecular weight is 158 g/mol. The molecule has 1 aliphatic heterocycles. The van der Waals surface area contributed by atoms with Crippen LogP contribution in [0, 0.1) is 0 Å². The summed E-state index contributed by atoms with van der Waals surface area (Å²) in [4.78, 5) is 14.5. The summed E-state index contributed by atoms with van der Waals surface area (Å²) < 4.78 is 1.61. The van der Waals surface area contributed by atoms with E-state index in [-0.39, 0.29) is 12.5 Å². The number of carbonyl (C=O) groups excluding carboxylic acids is 1. The average Bonchev–Trinajstić information content (AvgIpc) is 2.35. The molecule has 0 unspecified atom stereocenters. The number of nitrogens with one attached hydrogen (secondary N) is 1. The minimum Gasteiger partial charge on any atom is -0.309 e. The Bertz CT molecular complexity index is 293. The van der Waals surface area contributed by atoms with E-state index >= 15 is 0 Å². The molecule has 10 heavy (non-hydrogen) atoms. The summed E-state index contributed by atoms with van der Waals surface area (Å²) in [5.41, 5.74) is 0. The van der Waals surface area contributed by atoms with Crippen LogP contribution in [0.3, 0.4) is 0 Å². The number of fused-ring (bicyclic) bond motifs is 1. The highest BCUT2D eigenvalue weighted by atomic mass is 35.5.